The second-order valence-electron chi connectivity index (χ2n) is 7.44. The number of anilines is 2. The lowest BCUT2D eigenvalue weighted by Crippen LogP contribution is -2.27. The topological polar surface area (TPSA) is 121 Å². The van der Waals surface area contributed by atoms with Crippen LogP contribution in [-0.4, -0.2) is 29.9 Å². The zero-order valence-electron chi connectivity index (χ0n) is 18.4. The number of aryl methyl sites for hydroxylation is 1. The second kappa shape index (κ2) is 9.74. The van der Waals surface area contributed by atoms with Gasteiger partial charge < -0.3 is 14.5 Å². The third-order valence-electron chi connectivity index (χ3n) is 4.90. The number of nitrogens with zero attached hydrogens (tertiary/aromatic N) is 6. The first-order chi connectivity index (χ1) is 17.0. The molecule has 0 spiro atoms. The minimum Gasteiger partial charge on any atom is -0.439 e. The van der Waals surface area contributed by atoms with Crippen molar-refractivity contribution < 1.29 is 9.15 Å². The Bertz CT molecular complexity index is 1500. The molecule has 3 aromatic heterocycles. The molecule has 0 fully saturated rings. The minimum atomic E-state index is -0.434. The molecule has 0 aliphatic carbocycles. The summed E-state index contributed by atoms with van der Waals surface area (Å²) in [4.78, 5) is 17.5. The molecule has 0 aliphatic rings. The fourth-order valence-corrected chi connectivity index (χ4v) is 3.35. The van der Waals surface area contributed by atoms with Gasteiger partial charge in [-0.2, -0.15) is 0 Å². The molecule has 3 heterocycles. The molecule has 0 amide bonds. The SMILES string of the molecule is Cc1nnc(-c2nnc(Nc3ccc(Oc4ccccn4)cc3)n(Cc3ccc(Cl)cc3)c2=O)o1. The molecule has 0 saturated heterocycles. The summed E-state index contributed by atoms with van der Waals surface area (Å²) in [6.45, 7) is 1.85. The van der Waals surface area contributed by atoms with Crippen molar-refractivity contribution in [2.75, 3.05) is 5.32 Å². The van der Waals surface area contributed by atoms with Crippen molar-refractivity contribution in [3.8, 4) is 23.2 Å². The summed E-state index contributed by atoms with van der Waals surface area (Å²) in [6, 6.07) is 19.8. The predicted octanol–water partition coefficient (Wildman–Crippen LogP) is 4.63. The van der Waals surface area contributed by atoms with Gasteiger partial charge in [0.2, 0.25) is 23.4 Å². The molecule has 2 aromatic carbocycles. The van der Waals surface area contributed by atoms with Gasteiger partial charge in [0, 0.05) is 29.9 Å². The van der Waals surface area contributed by atoms with E-state index in [-0.39, 0.29) is 24.1 Å². The third-order valence-corrected chi connectivity index (χ3v) is 5.15. The number of hydrogen-bond acceptors (Lipinski definition) is 9. The van der Waals surface area contributed by atoms with Crippen LogP contribution in [0.3, 0.4) is 0 Å². The van der Waals surface area contributed by atoms with Gasteiger partial charge in [-0.15, -0.1) is 20.4 Å². The maximum Gasteiger partial charge on any atom is 0.287 e. The highest BCUT2D eigenvalue weighted by atomic mass is 35.5. The van der Waals surface area contributed by atoms with E-state index in [0.717, 1.165) is 5.56 Å². The van der Waals surface area contributed by atoms with Crippen LogP contribution in [0, 0.1) is 6.92 Å². The summed E-state index contributed by atoms with van der Waals surface area (Å²) < 4.78 is 12.6. The molecule has 35 heavy (non-hydrogen) atoms. The van der Waals surface area contributed by atoms with Crippen LogP contribution < -0.4 is 15.6 Å². The average molecular weight is 488 g/mol. The standard InChI is InChI=1S/C24H18ClN7O3/c1-15-28-30-22(34-15)21-23(33)32(14-16-5-7-17(25)8-6-16)24(31-29-21)27-18-9-11-19(12-10-18)35-20-4-2-3-13-26-20/h2-13H,14H2,1H3,(H,27,31). The van der Waals surface area contributed by atoms with Gasteiger partial charge in [-0.25, -0.2) is 4.98 Å². The summed E-state index contributed by atoms with van der Waals surface area (Å²) in [7, 11) is 0. The van der Waals surface area contributed by atoms with Crippen molar-refractivity contribution in [1.82, 2.24) is 29.9 Å². The highest BCUT2D eigenvalue weighted by Crippen LogP contribution is 2.23. The number of nitrogens with one attached hydrogen (secondary N) is 1. The van der Waals surface area contributed by atoms with Crippen molar-refractivity contribution in [1.29, 1.82) is 0 Å². The average Bonchev–Trinajstić information content (AvgIpc) is 3.30. The Kier molecular flexibility index (Phi) is 6.18. The van der Waals surface area contributed by atoms with Crippen LogP contribution >= 0.6 is 11.6 Å². The molecule has 0 bridgehead atoms. The van der Waals surface area contributed by atoms with Crippen molar-refractivity contribution in [2.24, 2.45) is 0 Å². The molecule has 0 aliphatic heterocycles. The molecule has 5 rings (SSSR count). The van der Waals surface area contributed by atoms with Gasteiger partial charge in [0.25, 0.3) is 11.4 Å². The fourth-order valence-electron chi connectivity index (χ4n) is 3.22. The molecule has 0 unspecified atom stereocenters. The first-order valence-corrected chi connectivity index (χ1v) is 10.9. The maximum atomic E-state index is 13.4. The largest absolute Gasteiger partial charge is 0.439 e. The van der Waals surface area contributed by atoms with E-state index in [2.05, 4.69) is 30.7 Å². The summed E-state index contributed by atoms with van der Waals surface area (Å²) >= 11 is 6.01. The Hall–Kier alpha value is -4.57. The molecule has 0 atom stereocenters. The number of hydrogen-bond donors (Lipinski definition) is 1. The molecular formula is C24H18ClN7O3. The van der Waals surface area contributed by atoms with Crippen LogP contribution in [-0.2, 0) is 6.54 Å². The first-order valence-electron chi connectivity index (χ1n) is 10.5. The van der Waals surface area contributed by atoms with Crippen LogP contribution in [0.2, 0.25) is 5.02 Å². The van der Waals surface area contributed by atoms with Crippen molar-refractivity contribution >= 4 is 23.2 Å². The quantitative estimate of drug-likeness (QED) is 0.350. The summed E-state index contributed by atoms with van der Waals surface area (Å²) in [6.07, 6.45) is 1.66. The van der Waals surface area contributed by atoms with E-state index < -0.39 is 5.56 Å². The van der Waals surface area contributed by atoms with Crippen molar-refractivity contribution in [2.45, 2.75) is 13.5 Å². The normalized spacial score (nSPS) is 10.8. The lowest BCUT2D eigenvalue weighted by Gasteiger charge is -2.14. The number of aromatic nitrogens is 6. The lowest BCUT2D eigenvalue weighted by atomic mass is 10.2. The van der Waals surface area contributed by atoms with Gasteiger partial charge in [0.15, 0.2) is 0 Å². The number of rotatable bonds is 7. The van der Waals surface area contributed by atoms with E-state index in [1.165, 1.54) is 4.57 Å². The number of benzene rings is 2. The molecule has 1 N–H and O–H groups in total. The third kappa shape index (κ3) is 5.17. The van der Waals surface area contributed by atoms with E-state index in [4.69, 9.17) is 20.8 Å². The van der Waals surface area contributed by atoms with Crippen LogP contribution in [0.4, 0.5) is 11.6 Å². The van der Waals surface area contributed by atoms with Crippen LogP contribution in [0.1, 0.15) is 11.5 Å². The number of halogens is 1. The highest BCUT2D eigenvalue weighted by Gasteiger charge is 2.19. The van der Waals surface area contributed by atoms with Gasteiger partial charge in [-0.3, -0.25) is 9.36 Å². The van der Waals surface area contributed by atoms with Gasteiger partial charge in [0.1, 0.15) is 5.75 Å². The van der Waals surface area contributed by atoms with E-state index in [0.29, 0.717) is 28.2 Å². The smallest absolute Gasteiger partial charge is 0.287 e. The Morgan fingerprint density at radius 1 is 0.971 bits per heavy atom. The summed E-state index contributed by atoms with van der Waals surface area (Å²) in [5.74, 6) is 1.67. The van der Waals surface area contributed by atoms with E-state index in [1.54, 1.807) is 55.6 Å². The number of ether oxygens (including phenoxy) is 1. The van der Waals surface area contributed by atoms with Crippen LogP contribution in [0.5, 0.6) is 11.6 Å². The second-order valence-corrected chi connectivity index (χ2v) is 7.87. The van der Waals surface area contributed by atoms with Crippen molar-refractivity contribution in [3.63, 3.8) is 0 Å². The molecule has 11 heteroatoms. The number of pyridine rings is 1. The van der Waals surface area contributed by atoms with Gasteiger partial charge in [0.05, 0.1) is 6.54 Å². The van der Waals surface area contributed by atoms with Crippen LogP contribution in [0.15, 0.2) is 82.1 Å². The Balaban J connectivity index is 1.46. The molecule has 10 nitrogen and oxygen atoms in total. The monoisotopic (exact) mass is 487 g/mol. The Morgan fingerprint density at radius 2 is 1.77 bits per heavy atom. The predicted molar refractivity (Wildman–Crippen MR) is 129 cm³/mol. The maximum absolute atomic E-state index is 13.4. The zero-order chi connectivity index (χ0) is 24.2. The van der Waals surface area contributed by atoms with E-state index in [9.17, 15) is 4.79 Å². The van der Waals surface area contributed by atoms with Gasteiger partial charge in [-0.05, 0) is 48.0 Å². The molecular weight excluding hydrogens is 470 g/mol. The van der Waals surface area contributed by atoms with Gasteiger partial charge in [-0.1, -0.05) is 29.8 Å². The first kappa shape index (κ1) is 22.2. The summed E-state index contributed by atoms with van der Waals surface area (Å²) in [5.41, 5.74) is 1.05. The molecule has 0 saturated carbocycles. The lowest BCUT2D eigenvalue weighted by molar-refractivity contribution is 0.463. The minimum absolute atomic E-state index is 0.00688. The fraction of sp³-hybridized carbons (Fsp3) is 0.0833. The van der Waals surface area contributed by atoms with Crippen LogP contribution in [0.25, 0.3) is 11.6 Å². The van der Waals surface area contributed by atoms with Crippen molar-refractivity contribution in [3.05, 3.63) is 99.8 Å². The summed E-state index contributed by atoms with van der Waals surface area (Å²) in [5, 5.41) is 19.7. The molecule has 0 radical (unpaired) electrons. The Morgan fingerprint density at radius 3 is 2.46 bits per heavy atom. The van der Waals surface area contributed by atoms with E-state index >= 15 is 0 Å². The molecule has 174 valence electrons. The van der Waals surface area contributed by atoms with E-state index in [1.807, 2.05) is 24.3 Å². The zero-order valence-corrected chi connectivity index (χ0v) is 19.2. The highest BCUT2D eigenvalue weighted by molar-refractivity contribution is 6.30. The molecule has 5 aromatic rings. The van der Waals surface area contributed by atoms with Gasteiger partial charge >= 0.3 is 0 Å². The Labute approximate surface area is 204 Å².